The van der Waals surface area contributed by atoms with Crippen LogP contribution in [0, 0.1) is 0 Å². The van der Waals surface area contributed by atoms with Crippen LogP contribution in [0.1, 0.15) is 11.1 Å². The number of hydrogen-bond donors (Lipinski definition) is 2. The van der Waals surface area contributed by atoms with Gasteiger partial charge in [0.25, 0.3) is 5.91 Å². The third kappa shape index (κ3) is 6.94. The van der Waals surface area contributed by atoms with Crippen LogP contribution in [-0.4, -0.2) is 26.2 Å². The Kier molecular flexibility index (Phi) is 9.34. The quantitative estimate of drug-likeness (QED) is 0.483. The Morgan fingerprint density at radius 1 is 1.20 bits per heavy atom. The van der Waals surface area contributed by atoms with E-state index < -0.39 is 5.91 Å². The van der Waals surface area contributed by atoms with Gasteiger partial charge in [-0.3, -0.25) is 4.79 Å². The predicted octanol–water partition coefficient (Wildman–Crippen LogP) is -1.37. The summed E-state index contributed by atoms with van der Waals surface area (Å²) in [6, 6.07) is 14.3. The molecule has 0 aliphatic rings. The van der Waals surface area contributed by atoms with Crippen LogP contribution in [0.5, 0.6) is 11.5 Å². The van der Waals surface area contributed by atoms with Crippen LogP contribution in [0.25, 0.3) is 0 Å². The fourth-order valence-electron chi connectivity index (χ4n) is 2.36. The number of benzene rings is 2. The number of ether oxygens (including phenoxy) is 2. The maximum absolute atomic E-state index is 10.9. The lowest BCUT2D eigenvalue weighted by atomic mass is 10.1. The van der Waals surface area contributed by atoms with Gasteiger partial charge < -0.3 is 32.9 Å². The molecule has 0 radical (unpaired) electrons. The molecule has 0 unspecified atom stereocenters. The highest BCUT2D eigenvalue weighted by atomic mass is 79.9. The Labute approximate surface area is 162 Å². The first-order valence-electron chi connectivity index (χ1n) is 7.73. The van der Waals surface area contributed by atoms with E-state index in [0.29, 0.717) is 11.5 Å². The van der Waals surface area contributed by atoms with Crippen molar-refractivity contribution in [2.45, 2.75) is 13.0 Å². The van der Waals surface area contributed by atoms with E-state index in [1.54, 1.807) is 7.11 Å². The van der Waals surface area contributed by atoms with Crippen molar-refractivity contribution < 1.29 is 32.0 Å². The molecule has 2 aromatic rings. The zero-order valence-electron chi connectivity index (χ0n) is 14.0. The number of carbonyl (C=O) groups is 1. The van der Waals surface area contributed by atoms with Crippen LogP contribution in [0.3, 0.4) is 0 Å². The van der Waals surface area contributed by atoms with Crippen molar-refractivity contribution in [3.63, 3.8) is 0 Å². The molecule has 0 saturated heterocycles. The van der Waals surface area contributed by atoms with Gasteiger partial charge in [-0.1, -0.05) is 30.3 Å². The first-order chi connectivity index (χ1) is 11.6. The molecule has 4 N–H and O–H groups in total. The smallest absolute Gasteiger partial charge is 0.255 e. The summed E-state index contributed by atoms with van der Waals surface area (Å²) in [4.78, 5) is 10.9. The lowest BCUT2D eigenvalue weighted by Crippen LogP contribution is -3.00. The Hall–Kier alpha value is -1.76. The Balaban J connectivity index is 0.00000312. The minimum absolute atomic E-state index is 0. The molecule has 0 spiro atoms. The molecule has 0 bridgehead atoms. The molecule has 7 heteroatoms. The van der Waals surface area contributed by atoms with E-state index >= 15 is 0 Å². The molecule has 0 aromatic heterocycles. The van der Waals surface area contributed by atoms with E-state index in [4.69, 9.17) is 15.2 Å². The SMILES string of the molecule is COc1cc(C[NH2+]CCc2ccccc2)cc(Br)c1OCC(N)=O.[Cl-]. The lowest BCUT2D eigenvalue weighted by Gasteiger charge is -2.13. The van der Waals surface area contributed by atoms with E-state index in [0.717, 1.165) is 29.5 Å². The number of halogens is 2. The second-order valence-electron chi connectivity index (χ2n) is 5.38. The fourth-order valence-corrected chi connectivity index (χ4v) is 2.96. The van der Waals surface area contributed by atoms with E-state index in [1.165, 1.54) is 5.56 Å². The van der Waals surface area contributed by atoms with E-state index in [1.807, 2.05) is 18.2 Å². The van der Waals surface area contributed by atoms with Crippen molar-refractivity contribution in [1.82, 2.24) is 0 Å². The maximum Gasteiger partial charge on any atom is 0.255 e. The second kappa shape index (κ2) is 11.0. The molecule has 2 rings (SSSR count). The summed E-state index contributed by atoms with van der Waals surface area (Å²) in [5, 5.41) is 2.25. The molecule has 0 aliphatic carbocycles. The average Bonchev–Trinajstić information content (AvgIpc) is 2.58. The molecule has 136 valence electrons. The molecular formula is C18H22BrClN2O3. The molecule has 1 amide bonds. The number of hydrogen-bond acceptors (Lipinski definition) is 3. The molecular weight excluding hydrogens is 408 g/mol. The minimum Gasteiger partial charge on any atom is -1.00 e. The standard InChI is InChI=1S/C18H21BrN2O3.ClH/c1-23-16-10-14(9-15(19)18(16)24-12-17(20)22)11-21-8-7-13-5-3-2-4-6-13;/h2-6,9-10,21H,7-8,11-12H2,1H3,(H2,20,22);1H. The van der Waals surface area contributed by atoms with Gasteiger partial charge in [-0.05, 0) is 33.6 Å². The third-order valence-electron chi connectivity index (χ3n) is 3.51. The fraction of sp³-hybridized carbons (Fsp3) is 0.278. The predicted molar refractivity (Wildman–Crippen MR) is 96.0 cm³/mol. The van der Waals surface area contributed by atoms with Crippen molar-refractivity contribution in [2.75, 3.05) is 20.3 Å². The van der Waals surface area contributed by atoms with Crippen LogP contribution in [0.4, 0.5) is 0 Å². The number of amides is 1. The summed E-state index contributed by atoms with van der Waals surface area (Å²) in [6.45, 7) is 1.65. The monoisotopic (exact) mass is 428 g/mol. The zero-order chi connectivity index (χ0) is 17.4. The topological polar surface area (TPSA) is 78.2 Å². The zero-order valence-corrected chi connectivity index (χ0v) is 16.3. The normalized spacial score (nSPS) is 10.0. The van der Waals surface area contributed by atoms with Crippen LogP contribution < -0.4 is 32.9 Å². The first-order valence-corrected chi connectivity index (χ1v) is 8.52. The summed E-state index contributed by atoms with van der Waals surface area (Å²) in [6.07, 6.45) is 1.03. The van der Waals surface area contributed by atoms with Gasteiger partial charge in [0.15, 0.2) is 18.1 Å². The van der Waals surface area contributed by atoms with Crippen molar-refractivity contribution >= 4 is 21.8 Å². The first kappa shape index (κ1) is 21.3. The minimum atomic E-state index is -0.526. The van der Waals surface area contributed by atoms with Crippen LogP contribution in [-0.2, 0) is 17.8 Å². The number of quaternary nitrogens is 1. The van der Waals surface area contributed by atoms with Crippen molar-refractivity contribution in [1.29, 1.82) is 0 Å². The number of primary amides is 1. The van der Waals surface area contributed by atoms with Crippen molar-refractivity contribution in [2.24, 2.45) is 5.73 Å². The van der Waals surface area contributed by atoms with Gasteiger partial charge >= 0.3 is 0 Å². The Morgan fingerprint density at radius 3 is 2.56 bits per heavy atom. The van der Waals surface area contributed by atoms with Gasteiger partial charge in [-0.15, -0.1) is 0 Å². The molecule has 0 aliphatic heterocycles. The van der Waals surface area contributed by atoms with Gasteiger partial charge in [0.05, 0.1) is 18.1 Å². The highest BCUT2D eigenvalue weighted by Gasteiger charge is 2.13. The highest BCUT2D eigenvalue weighted by molar-refractivity contribution is 9.10. The number of carbonyl (C=O) groups excluding carboxylic acids is 1. The van der Waals surface area contributed by atoms with Gasteiger partial charge in [-0.25, -0.2) is 0 Å². The van der Waals surface area contributed by atoms with Crippen molar-refractivity contribution in [3.05, 3.63) is 58.1 Å². The summed E-state index contributed by atoms with van der Waals surface area (Å²) in [5.74, 6) is 0.545. The Bertz CT molecular complexity index is 684. The summed E-state index contributed by atoms with van der Waals surface area (Å²) < 4.78 is 11.5. The maximum atomic E-state index is 10.9. The molecule has 2 aromatic carbocycles. The number of rotatable bonds is 9. The van der Waals surface area contributed by atoms with Crippen LogP contribution in [0.2, 0.25) is 0 Å². The van der Waals surface area contributed by atoms with E-state index in [2.05, 4.69) is 45.5 Å². The molecule has 5 nitrogen and oxygen atoms in total. The van der Waals surface area contributed by atoms with Gasteiger partial charge in [0.1, 0.15) is 6.54 Å². The summed E-state index contributed by atoms with van der Waals surface area (Å²) in [7, 11) is 1.57. The van der Waals surface area contributed by atoms with Crippen LogP contribution in [0.15, 0.2) is 46.9 Å². The molecule has 0 fully saturated rings. The average molecular weight is 430 g/mol. The van der Waals surface area contributed by atoms with E-state index in [-0.39, 0.29) is 19.0 Å². The van der Waals surface area contributed by atoms with Crippen LogP contribution >= 0.6 is 15.9 Å². The largest absolute Gasteiger partial charge is 1.00 e. The molecule has 0 heterocycles. The Morgan fingerprint density at radius 2 is 1.92 bits per heavy atom. The summed E-state index contributed by atoms with van der Waals surface area (Å²) in [5.41, 5.74) is 7.56. The molecule has 0 atom stereocenters. The highest BCUT2D eigenvalue weighted by Crippen LogP contribution is 2.36. The van der Waals surface area contributed by atoms with Gasteiger partial charge in [-0.2, -0.15) is 0 Å². The lowest BCUT2D eigenvalue weighted by molar-refractivity contribution is -0.670. The van der Waals surface area contributed by atoms with Gasteiger partial charge in [0.2, 0.25) is 0 Å². The van der Waals surface area contributed by atoms with Crippen molar-refractivity contribution in [3.8, 4) is 11.5 Å². The molecule has 25 heavy (non-hydrogen) atoms. The number of nitrogens with two attached hydrogens (primary N) is 2. The second-order valence-corrected chi connectivity index (χ2v) is 6.24. The molecule has 0 saturated carbocycles. The third-order valence-corrected chi connectivity index (χ3v) is 4.10. The summed E-state index contributed by atoms with van der Waals surface area (Å²) >= 11 is 3.46. The van der Waals surface area contributed by atoms with Gasteiger partial charge in [0, 0.05) is 12.0 Å². The number of methoxy groups -OCH3 is 1. The van der Waals surface area contributed by atoms with E-state index in [9.17, 15) is 4.79 Å².